The number of carbonyl (C=O) groups is 1. The molecule has 0 bridgehead atoms. The first-order valence-corrected chi connectivity index (χ1v) is 8.93. The molecule has 0 saturated heterocycles. The highest BCUT2D eigenvalue weighted by Gasteiger charge is 2.15. The molecule has 0 unspecified atom stereocenters. The third kappa shape index (κ3) is 6.43. The first kappa shape index (κ1) is 20.5. The van der Waals surface area contributed by atoms with Crippen molar-refractivity contribution in [2.45, 2.75) is 52.7 Å². The zero-order valence-corrected chi connectivity index (χ0v) is 16.6. The van der Waals surface area contributed by atoms with Crippen LogP contribution in [-0.4, -0.2) is 45.4 Å². The molecular weight excluding hydrogens is 348 g/mol. The Labute approximate surface area is 159 Å². The van der Waals surface area contributed by atoms with Gasteiger partial charge >= 0.3 is 0 Å². The smallest absolute Gasteiger partial charge is 0.258 e. The fourth-order valence-electron chi connectivity index (χ4n) is 2.41. The summed E-state index contributed by atoms with van der Waals surface area (Å²) in [6.45, 7) is 9.04. The maximum absolute atomic E-state index is 11.9. The van der Waals surface area contributed by atoms with Crippen LogP contribution in [0.2, 0.25) is 0 Å². The molecule has 148 valence electrons. The molecule has 0 atom stereocenters. The van der Waals surface area contributed by atoms with Gasteiger partial charge in [0.1, 0.15) is 0 Å². The Morgan fingerprint density at radius 2 is 2.04 bits per heavy atom. The molecule has 9 heteroatoms. The fraction of sp³-hybridized carbons (Fsp3) is 0.556. The summed E-state index contributed by atoms with van der Waals surface area (Å²) in [5.74, 6) is 1.51. The molecule has 1 amide bonds. The van der Waals surface area contributed by atoms with Crippen LogP contribution in [0.5, 0.6) is 11.5 Å². The zero-order valence-electron chi connectivity index (χ0n) is 16.6. The van der Waals surface area contributed by atoms with E-state index >= 15 is 0 Å². The number of aromatic nitrogens is 4. The predicted molar refractivity (Wildman–Crippen MR) is 102 cm³/mol. The van der Waals surface area contributed by atoms with Crippen LogP contribution in [0.3, 0.4) is 0 Å². The van der Waals surface area contributed by atoms with Crippen LogP contribution < -0.4 is 20.1 Å². The quantitative estimate of drug-likeness (QED) is 0.690. The number of nitrogens with zero attached hydrogens (tertiary/aromatic N) is 4. The molecular formula is C18H28N6O3. The van der Waals surface area contributed by atoms with Gasteiger partial charge in [-0.1, -0.05) is 18.1 Å². The van der Waals surface area contributed by atoms with Crippen molar-refractivity contribution in [3.8, 4) is 11.5 Å². The lowest BCUT2D eigenvalue weighted by Crippen LogP contribution is -2.43. The number of methoxy groups -OCH3 is 1. The van der Waals surface area contributed by atoms with Gasteiger partial charge in [-0.3, -0.25) is 4.79 Å². The summed E-state index contributed by atoms with van der Waals surface area (Å²) in [6.07, 6.45) is 0.947. The molecule has 27 heavy (non-hydrogen) atoms. The van der Waals surface area contributed by atoms with E-state index in [1.165, 1.54) is 0 Å². The van der Waals surface area contributed by atoms with Crippen molar-refractivity contribution in [2.75, 3.05) is 19.0 Å². The maximum Gasteiger partial charge on any atom is 0.258 e. The number of amides is 1. The van der Waals surface area contributed by atoms with Gasteiger partial charge in [-0.05, 0) is 55.3 Å². The third-order valence-corrected chi connectivity index (χ3v) is 3.52. The Bertz CT molecular complexity index is 754. The van der Waals surface area contributed by atoms with Crippen LogP contribution >= 0.6 is 0 Å². The van der Waals surface area contributed by atoms with Gasteiger partial charge in [0.15, 0.2) is 18.1 Å². The van der Waals surface area contributed by atoms with Crippen molar-refractivity contribution in [1.82, 2.24) is 25.5 Å². The summed E-state index contributed by atoms with van der Waals surface area (Å²) in [4.78, 5) is 11.9. The fourth-order valence-corrected chi connectivity index (χ4v) is 2.41. The lowest BCUT2D eigenvalue weighted by molar-refractivity contribution is -0.124. The Balaban J connectivity index is 1.96. The number of hydrogen-bond acceptors (Lipinski definition) is 7. The van der Waals surface area contributed by atoms with Crippen molar-refractivity contribution in [2.24, 2.45) is 0 Å². The SMILES string of the molecule is CCCn1nnnc1NCc1ccc(OCC(=O)NC(C)(C)C)c(OC)c1. The third-order valence-electron chi connectivity index (χ3n) is 3.52. The number of carbonyl (C=O) groups excluding carboxylic acids is 1. The van der Waals surface area contributed by atoms with E-state index in [1.54, 1.807) is 17.9 Å². The monoisotopic (exact) mass is 376 g/mol. The van der Waals surface area contributed by atoms with Gasteiger partial charge in [-0.2, -0.15) is 0 Å². The zero-order chi connectivity index (χ0) is 19.9. The van der Waals surface area contributed by atoms with E-state index in [-0.39, 0.29) is 18.1 Å². The molecule has 0 saturated carbocycles. The van der Waals surface area contributed by atoms with Crippen LogP contribution in [0.4, 0.5) is 5.95 Å². The van der Waals surface area contributed by atoms with Gasteiger partial charge in [0.05, 0.1) is 7.11 Å². The minimum Gasteiger partial charge on any atom is -0.493 e. The number of rotatable bonds is 9. The normalized spacial score (nSPS) is 11.1. The number of benzene rings is 1. The van der Waals surface area contributed by atoms with E-state index in [0.717, 1.165) is 18.5 Å². The summed E-state index contributed by atoms with van der Waals surface area (Å²) in [7, 11) is 1.57. The molecule has 0 spiro atoms. The summed E-state index contributed by atoms with van der Waals surface area (Å²) < 4.78 is 12.7. The first-order valence-electron chi connectivity index (χ1n) is 8.93. The minimum absolute atomic E-state index is 0.0724. The van der Waals surface area contributed by atoms with E-state index in [2.05, 4.69) is 33.1 Å². The van der Waals surface area contributed by atoms with Crippen molar-refractivity contribution in [3.05, 3.63) is 23.8 Å². The molecule has 0 aliphatic carbocycles. The number of hydrogen-bond donors (Lipinski definition) is 2. The van der Waals surface area contributed by atoms with E-state index < -0.39 is 0 Å². The molecule has 1 heterocycles. The lowest BCUT2D eigenvalue weighted by Gasteiger charge is -2.20. The number of anilines is 1. The Morgan fingerprint density at radius 1 is 1.26 bits per heavy atom. The van der Waals surface area contributed by atoms with E-state index in [4.69, 9.17) is 9.47 Å². The Hall–Kier alpha value is -2.84. The van der Waals surface area contributed by atoms with Gasteiger partial charge in [0.2, 0.25) is 5.95 Å². The van der Waals surface area contributed by atoms with E-state index in [1.807, 2.05) is 32.9 Å². The van der Waals surface area contributed by atoms with Gasteiger partial charge in [-0.15, -0.1) is 0 Å². The molecule has 0 aliphatic rings. The lowest BCUT2D eigenvalue weighted by atomic mass is 10.1. The van der Waals surface area contributed by atoms with Crippen molar-refractivity contribution in [3.63, 3.8) is 0 Å². The number of tetrazole rings is 1. The molecule has 9 nitrogen and oxygen atoms in total. The van der Waals surface area contributed by atoms with Crippen LogP contribution in [0, 0.1) is 0 Å². The van der Waals surface area contributed by atoms with Gasteiger partial charge < -0.3 is 20.1 Å². The summed E-state index contributed by atoms with van der Waals surface area (Å²) in [5.41, 5.74) is 0.678. The molecule has 2 rings (SSSR count). The highest BCUT2D eigenvalue weighted by atomic mass is 16.5. The second-order valence-electron chi connectivity index (χ2n) is 7.15. The van der Waals surface area contributed by atoms with Gasteiger partial charge in [0, 0.05) is 18.6 Å². The molecule has 1 aromatic carbocycles. The molecule has 0 aliphatic heterocycles. The van der Waals surface area contributed by atoms with Crippen LogP contribution in [0.1, 0.15) is 39.7 Å². The minimum atomic E-state index is -0.298. The largest absolute Gasteiger partial charge is 0.493 e. The predicted octanol–water partition coefficient (Wildman–Crippen LogP) is 2.00. The second-order valence-corrected chi connectivity index (χ2v) is 7.15. The highest BCUT2D eigenvalue weighted by molar-refractivity contribution is 5.78. The average molecular weight is 376 g/mol. The van der Waals surface area contributed by atoms with Gasteiger partial charge in [-0.25, -0.2) is 4.68 Å². The Kier molecular flexibility index (Phi) is 6.98. The van der Waals surface area contributed by atoms with Crippen LogP contribution in [0.15, 0.2) is 18.2 Å². The van der Waals surface area contributed by atoms with Crippen molar-refractivity contribution >= 4 is 11.9 Å². The summed E-state index contributed by atoms with van der Waals surface area (Å²) in [6, 6.07) is 5.55. The van der Waals surface area contributed by atoms with Crippen molar-refractivity contribution < 1.29 is 14.3 Å². The second kappa shape index (κ2) is 9.20. The van der Waals surface area contributed by atoms with Crippen LogP contribution in [-0.2, 0) is 17.9 Å². The summed E-state index contributed by atoms with van der Waals surface area (Å²) in [5, 5.41) is 17.7. The van der Waals surface area contributed by atoms with Crippen molar-refractivity contribution in [1.29, 1.82) is 0 Å². The van der Waals surface area contributed by atoms with E-state index in [0.29, 0.717) is 24.0 Å². The molecule has 0 radical (unpaired) electrons. The first-order chi connectivity index (χ1) is 12.8. The number of aryl methyl sites for hydroxylation is 1. The highest BCUT2D eigenvalue weighted by Crippen LogP contribution is 2.28. The maximum atomic E-state index is 11.9. The Morgan fingerprint density at radius 3 is 2.70 bits per heavy atom. The van der Waals surface area contributed by atoms with Gasteiger partial charge in [0.25, 0.3) is 5.91 Å². The summed E-state index contributed by atoms with van der Waals surface area (Å²) >= 11 is 0. The molecule has 1 aromatic heterocycles. The standard InChI is InChI=1S/C18H28N6O3/c1-6-9-24-17(21-22-23-24)19-11-13-7-8-14(15(10-13)26-5)27-12-16(25)20-18(2,3)4/h7-8,10H,6,9,11-12H2,1-5H3,(H,20,25)(H,19,21,23). The topological polar surface area (TPSA) is 103 Å². The molecule has 0 fully saturated rings. The van der Waals surface area contributed by atoms with E-state index in [9.17, 15) is 4.79 Å². The average Bonchev–Trinajstić information content (AvgIpc) is 3.04. The van der Waals surface area contributed by atoms with Crippen LogP contribution in [0.25, 0.3) is 0 Å². The number of ether oxygens (including phenoxy) is 2. The molecule has 2 aromatic rings. The molecule has 2 N–H and O–H groups in total. The number of nitrogens with one attached hydrogen (secondary N) is 2.